The summed E-state index contributed by atoms with van der Waals surface area (Å²) < 4.78 is 29.4. The van der Waals surface area contributed by atoms with E-state index in [0.29, 0.717) is 16.7 Å². The third kappa shape index (κ3) is 7.64. The number of ether oxygens (including phenoxy) is 1. The van der Waals surface area contributed by atoms with Crippen molar-refractivity contribution >= 4 is 23.6 Å². The van der Waals surface area contributed by atoms with Crippen LogP contribution in [0.25, 0.3) is 0 Å². The zero-order valence-corrected chi connectivity index (χ0v) is 14.0. The molecule has 0 bridgehead atoms. The smallest absolute Gasteiger partial charge is 0.338 e. The van der Waals surface area contributed by atoms with Gasteiger partial charge in [-0.3, -0.25) is 4.79 Å². The summed E-state index contributed by atoms with van der Waals surface area (Å²) in [6.45, 7) is -0.231. The van der Waals surface area contributed by atoms with E-state index in [4.69, 9.17) is 15.3 Å². The van der Waals surface area contributed by atoms with Gasteiger partial charge in [-0.1, -0.05) is 11.8 Å². The van der Waals surface area contributed by atoms with Crippen molar-refractivity contribution in [1.29, 1.82) is 10.5 Å². The zero-order valence-electron chi connectivity index (χ0n) is 13.2. The molecule has 1 rings (SSSR count). The second-order valence-electron chi connectivity index (χ2n) is 4.68. The molecule has 0 aliphatic heterocycles. The van der Waals surface area contributed by atoms with Crippen molar-refractivity contribution in [2.75, 3.05) is 19.7 Å². The van der Waals surface area contributed by atoms with E-state index in [1.54, 1.807) is 0 Å². The van der Waals surface area contributed by atoms with Crippen LogP contribution in [0.5, 0.6) is 0 Å². The van der Waals surface area contributed by atoms with Gasteiger partial charge in [0, 0.05) is 18.0 Å². The van der Waals surface area contributed by atoms with Crippen molar-refractivity contribution in [2.45, 2.75) is 23.5 Å². The number of nitriles is 2. The Morgan fingerprint density at radius 1 is 1.12 bits per heavy atom. The standard InChI is InChI=1S/C16H15F2N3O3S/c17-16(18)25-13-5-3-12(4-6-13)15(23)24-11-14(22)21(9-1-7-19)10-2-8-20/h3-6,16H,1-2,9-11H2. The SMILES string of the molecule is N#CCCN(CCC#N)C(=O)COC(=O)c1ccc(SC(F)F)cc1. The molecule has 0 saturated heterocycles. The minimum Gasteiger partial charge on any atom is -0.452 e. The predicted octanol–water partition coefficient (Wildman–Crippen LogP) is 2.81. The van der Waals surface area contributed by atoms with Gasteiger partial charge in [-0.05, 0) is 24.3 Å². The van der Waals surface area contributed by atoms with Gasteiger partial charge in [0.25, 0.3) is 11.7 Å². The van der Waals surface area contributed by atoms with Crippen LogP contribution in [0.3, 0.4) is 0 Å². The van der Waals surface area contributed by atoms with E-state index in [2.05, 4.69) is 0 Å². The molecule has 0 atom stereocenters. The average molecular weight is 367 g/mol. The van der Waals surface area contributed by atoms with Crippen molar-refractivity contribution in [3.05, 3.63) is 29.8 Å². The van der Waals surface area contributed by atoms with E-state index in [0.717, 1.165) is 0 Å². The van der Waals surface area contributed by atoms with Gasteiger partial charge >= 0.3 is 5.97 Å². The first-order valence-electron chi connectivity index (χ1n) is 7.21. The van der Waals surface area contributed by atoms with Crippen molar-refractivity contribution in [3.8, 4) is 12.1 Å². The van der Waals surface area contributed by atoms with E-state index in [1.165, 1.54) is 29.2 Å². The van der Waals surface area contributed by atoms with Crippen molar-refractivity contribution < 1.29 is 23.1 Å². The van der Waals surface area contributed by atoms with Gasteiger partial charge in [0.15, 0.2) is 6.61 Å². The molecule has 132 valence electrons. The first-order valence-corrected chi connectivity index (χ1v) is 8.09. The fourth-order valence-electron chi connectivity index (χ4n) is 1.81. The van der Waals surface area contributed by atoms with E-state index < -0.39 is 24.2 Å². The quantitative estimate of drug-likeness (QED) is 0.492. The number of nitrogens with zero attached hydrogens (tertiary/aromatic N) is 3. The third-order valence-electron chi connectivity index (χ3n) is 2.98. The Labute approximate surface area is 148 Å². The van der Waals surface area contributed by atoms with Gasteiger partial charge in [-0.25, -0.2) is 4.79 Å². The van der Waals surface area contributed by atoms with Crippen LogP contribution in [-0.4, -0.2) is 42.2 Å². The topological polar surface area (TPSA) is 94.2 Å². The molecule has 1 aromatic rings. The number of hydrogen-bond acceptors (Lipinski definition) is 6. The van der Waals surface area contributed by atoms with Crippen molar-refractivity contribution in [2.24, 2.45) is 0 Å². The van der Waals surface area contributed by atoms with Crippen LogP contribution in [0.4, 0.5) is 8.78 Å². The number of rotatable bonds is 9. The van der Waals surface area contributed by atoms with Gasteiger partial charge in [0.1, 0.15) is 0 Å². The molecule has 1 aromatic carbocycles. The van der Waals surface area contributed by atoms with Crippen LogP contribution in [-0.2, 0) is 9.53 Å². The molecule has 0 fully saturated rings. The van der Waals surface area contributed by atoms with Crippen molar-refractivity contribution in [3.63, 3.8) is 0 Å². The molecule has 0 spiro atoms. The fraction of sp³-hybridized carbons (Fsp3) is 0.375. The number of carbonyl (C=O) groups excluding carboxylic acids is 2. The summed E-state index contributed by atoms with van der Waals surface area (Å²) in [6.07, 6.45) is 0.211. The van der Waals surface area contributed by atoms with Crippen LogP contribution in [0.2, 0.25) is 0 Å². The monoisotopic (exact) mass is 367 g/mol. The third-order valence-corrected chi connectivity index (χ3v) is 3.70. The lowest BCUT2D eigenvalue weighted by Gasteiger charge is -2.20. The number of carbonyl (C=O) groups is 2. The molecule has 1 amide bonds. The number of halogens is 2. The molecule has 0 unspecified atom stereocenters. The van der Waals surface area contributed by atoms with Crippen LogP contribution >= 0.6 is 11.8 Å². The lowest BCUT2D eigenvalue weighted by Crippen LogP contribution is -2.36. The van der Waals surface area contributed by atoms with Crippen LogP contribution < -0.4 is 0 Å². The number of thioether (sulfide) groups is 1. The summed E-state index contributed by atoms with van der Waals surface area (Å²) in [5.41, 5.74) is 0.131. The number of hydrogen-bond donors (Lipinski definition) is 0. The largest absolute Gasteiger partial charge is 0.452 e. The van der Waals surface area contributed by atoms with E-state index in [-0.39, 0.29) is 31.5 Å². The molecule has 25 heavy (non-hydrogen) atoms. The predicted molar refractivity (Wildman–Crippen MR) is 85.6 cm³/mol. The van der Waals surface area contributed by atoms with Crippen LogP contribution in [0, 0.1) is 22.7 Å². The molecular formula is C16H15F2N3O3S. The van der Waals surface area contributed by atoms with E-state index in [1.807, 2.05) is 12.1 Å². The van der Waals surface area contributed by atoms with Gasteiger partial charge in [-0.2, -0.15) is 19.3 Å². The molecule has 6 nitrogen and oxygen atoms in total. The molecule has 0 aromatic heterocycles. The normalized spacial score (nSPS) is 9.96. The molecule has 0 aliphatic rings. The molecule has 0 heterocycles. The Kier molecular flexibility index (Phi) is 8.97. The van der Waals surface area contributed by atoms with Crippen molar-refractivity contribution in [1.82, 2.24) is 4.90 Å². The Hall–Kier alpha value is -2.65. The highest BCUT2D eigenvalue weighted by Crippen LogP contribution is 2.25. The van der Waals surface area contributed by atoms with Gasteiger partial charge < -0.3 is 9.64 Å². The summed E-state index contributed by atoms with van der Waals surface area (Å²) in [6, 6.07) is 9.19. The number of esters is 1. The maximum Gasteiger partial charge on any atom is 0.338 e. The lowest BCUT2D eigenvalue weighted by molar-refractivity contribution is -0.134. The van der Waals surface area contributed by atoms with Gasteiger partial charge in [-0.15, -0.1) is 0 Å². The number of amides is 1. The Balaban J connectivity index is 2.56. The first-order chi connectivity index (χ1) is 12.0. The highest BCUT2D eigenvalue weighted by atomic mass is 32.2. The van der Waals surface area contributed by atoms with E-state index >= 15 is 0 Å². The minimum absolute atomic E-state index is 0.106. The Bertz CT molecular complexity index is 651. The first kappa shape index (κ1) is 20.4. The summed E-state index contributed by atoms with van der Waals surface area (Å²) in [7, 11) is 0. The molecule has 0 N–H and O–H groups in total. The highest BCUT2D eigenvalue weighted by molar-refractivity contribution is 7.99. The van der Waals surface area contributed by atoms with Gasteiger partial charge in [0.2, 0.25) is 0 Å². The van der Waals surface area contributed by atoms with Gasteiger partial charge in [0.05, 0.1) is 30.5 Å². The maximum absolute atomic E-state index is 12.2. The van der Waals surface area contributed by atoms with E-state index in [9.17, 15) is 18.4 Å². The maximum atomic E-state index is 12.2. The summed E-state index contributed by atoms with van der Waals surface area (Å²) in [4.78, 5) is 25.5. The molecular weight excluding hydrogens is 352 g/mol. The van der Waals surface area contributed by atoms with Crippen LogP contribution in [0.15, 0.2) is 29.2 Å². The Morgan fingerprint density at radius 2 is 1.68 bits per heavy atom. The zero-order chi connectivity index (χ0) is 18.7. The second-order valence-corrected chi connectivity index (χ2v) is 5.74. The molecule has 0 radical (unpaired) electrons. The molecule has 9 heteroatoms. The number of benzene rings is 1. The van der Waals surface area contributed by atoms with Crippen LogP contribution in [0.1, 0.15) is 23.2 Å². The highest BCUT2D eigenvalue weighted by Gasteiger charge is 2.16. The molecule has 0 saturated carbocycles. The second kappa shape index (κ2) is 11.0. The lowest BCUT2D eigenvalue weighted by atomic mass is 10.2. The average Bonchev–Trinajstić information content (AvgIpc) is 2.59. The summed E-state index contributed by atoms with van der Waals surface area (Å²) in [5, 5.41) is 17.2. The fourth-order valence-corrected chi connectivity index (χ4v) is 2.30. The molecule has 0 aliphatic carbocycles. The summed E-state index contributed by atoms with van der Waals surface area (Å²) in [5.74, 6) is -3.82. The minimum atomic E-state index is -2.55. The Morgan fingerprint density at radius 3 is 2.16 bits per heavy atom. The number of alkyl halides is 2. The summed E-state index contributed by atoms with van der Waals surface area (Å²) >= 11 is 0.357.